The first-order valence-corrected chi connectivity index (χ1v) is 12.1. The number of carbonyl (C=O) groups is 1. The lowest BCUT2D eigenvalue weighted by atomic mass is 9.91. The SMILES string of the molecule is COc1cc(-c2cc(C)c(-c3ccc(F)c(COc4ccc([C@H]5C[C@@H]5C(=O)O)nc4)c3)c(C)c2)ccn1. The third kappa shape index (κ3) is 5.16. The largest absolute Gasteiger partial charge is 0.487 e. The summed E-state index contributed by atoms with van der Waals surface area (Å²) >= 11 is 0. The number of benzene rings is 2. The highest BCUT2D eigenvalue weighted by Crippen LogP contribution is 2.46. The van der Waals surface area contributed by atoms with E-state index in [4.69, 9.17) is 14.6 Å². The molecule has 0 radical (unpaired) electrons. The van der Waals surface area contributed by atoms with Gasteiger partial charge in [-0.25, -0.2) is 9.37 Å². The first kappa shape index (κ1) is 24.4. The van der Waals surface area contributed by atoms with Gasteiger partial charge in [-0.3, -0.25) is 9.78 Å². The molecule has 0 amide bonds. The number of halogens is 1. The maximum Gasteiger partial charge on any atom is 0.307 e. The number of nitrogens with zero attached hydrogens (tertiary/aromatic N) is 2. The van der Waals surface area contributed by atoms with Gasteiger partial charge in [0.1, 0.15) is 18.2 Å². The van der Waals surface area contributed by atoms with E-state index in [0.717, 1.165) is 39.1 Å². The second kappa shape index (κ2) is 10.0. The average Bonchev–Trinajstić information content (AvgIpc) is 3.70. The van der Waals surface area contributed by atoms with Crippen LogP contribution in [0, 0.1) is 25.6 Å². The highest BCUT2D eigenvalue weighted by atomic mass is 19.1. The number of carboxylic acid groups (broad SMARTS) is 1. The molecule has 2 aromatic carbocycles. The summed E-state index contributed by atoms with van der Waals surface area (Å²) in [7, 11) is 1.59. The predicted molar refractivity (Wildman–Crippen MR) is 138 cm³/mol. The molecule has 4 aromatic rings. The minimum Gasteiger partial charge on any atom is -0.487 e. The van der Waals surface area contributed by atoms with E-state index in [2.05, 4.69) is 22.1 Å². The third-order valence-electron chi connectivity index (χ3n) is 6.79. The fourth-order valence-electron chi connectivity index (χ4n) is 4.78. The molecule has 0 aliphatic heterocycles. The number of rotatable bonds is 8. The van der Waals surface area contributed by atoms with Crippen LogP contribution in [0.2, 0.25) is 0 Å². The number of hydrogen-bond donors (Lipinski definition) is 1. The smallest absolute Gasteiger partial charge is 0.307 e. The van der Waals surface area contributed by atoms with E-state index in [0.29, 0.717) is 23.6 Å². The molecule has 1 aliphatic rings. The number of aromatic nitrogens is 2. The summed E-state index contributed by atoms with van der Waals surface area (Å²) in [5.74, 6) is -0.470. The number of aliphatic carboxylic acids is 1. The summed E-state index contributed by atoms with van der Waals surface area (Å²) < 4.78 is 25.7. The highest BCUT2D eigenvalue weighted by Gasteiger charge is 2.45. The minimum atomic E-state index is -0.791. The van der Waals surface area contributed by atoms with Crippen molar-refractivity contribution in [1.29, 1.82) is 0 Å². The Bertz CT molecular complexity index is 1450. The second-order valence-corrected chi connectivity index (χ2v) is 9.37. The number of carboxylic acids is 1. The molecule has 188 valence electrons. The quantitative estimate of drug-likeness (QED) is 0.305. The Kier molecular flexibility index (Phi) is 6.61. The Hall–Kier alpha value is -4.26. The van der Waals surface area contributed by atoms with Crippen molar-refractivity contribution in [2.24, 2.45) is 5.92 Å². The maximum atomic E-state index is 14.7. The number of methoxy groups -OCH3 is 1. The maximum absolute atomic E-state index is 14.7. The molecule has 6 nitrogen and oxygen atoms in total. The Balaban J connectivity index is 1.34. The number of ether oxygens (including phenoxy) is 2. The zero-order valence-corrected chi connectivity index (χ0v) is 20.9. The Labute approximate surface area is 214 Å². The van der Waals surface area contributed by atoms with Crippen molar-refractivity contribution in [3.63, 3.8) is 0 Å². The Morgan fingerprint density at radius 3 is 2.43 bits per heavy atom. The van der Waals surface area contributed by atoms with Crippen LogP contribution in [0.1, 0.15) is 34.7 Å². The summed E-state index contributed by atoms with van der Waals surface area (Å²) in [5.41, 5.74) is 7.36. The molecule has 1 saturated carbocycles. The number of pyridine rings is 2. The van der Waals surface area contributed by atoms with Crippen molar-refractivity contribution in [3.8, 4) is 33.9 Å². The van der Waals surface area contributed by atoms with Crippen LogP contribution in [0.25, 0.3) is 22.3 Å². The van der Waals surface area contributed by atoms with Crippen LogP contribution in [0.15, 0.2) is 67.0 Å². The van der Waals surface area contributed by atoms with Crippen LogP contribution in [0.3, 0.4) is 0 Å². The molecule has 1 N–H and O–H groups in total. The molecule has 5 rings (SSSR count). The number of hydrogen-bond acceptors (Lipinski definition) is 5. The molecule has 0 spiro atoms. The summed E-state index contributed by atoms with van der Waals surface area (Å²) in [6, 6.07) is 16.7. The molecular formula is C30H27FN2O4. The lowest BCUT2D eigenvalue weighted by Gasteiger charge is -2.15. The fourth-order valence-corrected chi connectivity index (χ4v) is 4.78. The number of aryl methyl sites for hydroxylation is 2. The van der Waals surface area contributed by atoms with Gasteiger partial charge in [-0.1, -0.05) is 18.2 Å². The lowest BCUT2D eigenvalue weighted by Crippen LogP contribution is -2.02. The van der Waals surface area contributed by atoms with Gasteiger partial charge in [-0.15, -0.1) is 0 Å². The first-order chi connectivity index (χ1) is 17.8. The van der Waals surface area contributed by atoms with Gasteiger partial charge in [0.05, 0.1) is 19.2 Å². The molecule has 37 heavy (non-hydrogen) atoms. The van der Waals surface area contributed by atoms with Crippen molar-refractivity contribution >= 4 is 5.97 Å². The predicted octanol–water partition coefficient (Wildman–Crippen LogP) is 6.34. The molecule has 0 bridgehead atoms. The van der Waals surface area contributed by atoms with Crippen molar-refractivity contribution in [2.75, 3.05) is 7.11 Å². The van der Waals surface area contributed by atoms with Crippen molar-refractivity contribution < 1.29 is 23.8 Å². The summed E-state index contributed by atoms with van der Waals surface area (Å²) in [6.45, 7) is 4.15. The van der Waals surface area contributed by atoms with Crippen LogP contribution in [-0.2, 0) is 11.4 Å². The van der Waals surface area contributed by atoms with Gasteiger partial charge >= 0.3 is 5.97 Å². The molecule has 1 fully saturated rings. The lowest BCUT2D eigenvalue weighted by molar-refractivity contribution is -0.138. The van der Waals surface area contributed by atoms with E-state index in [1.807, 2.05) is 32.0 Å². The molecule has 2 aromatic heterocycles. The zero-order valence-electron chi connectivity index (χ0n) is 20.9. The highest BCUT2D eigenvalue weighted by molar-refractivity contribution is 5.77. The van der Waals surface area contributed by atoms with Crippen LogP contribution >= 0.6 is 0 Å². The molecule has 0 unspecified atom stereocenters. The van der Waals surface area contributed by atoms with Crippen LogP contribution < -0.4 is 9.47 Å². The summed E-state index contributed by atoms with van der Waals surface area (Å²) in [6.07, 6.45) is 3.90. The summed E-state index contributed by atoms with van der Waals surface area (Å²) in [5, 5.41) is 9.11. The van der Waals surface area contributed by atoms with Crippen LogP contribution in [0.5, 0.6) is 11.6 Å². The van der Waals surface area contributed by atoms with E-state index >= 15 is 0 Å². The molecule has 1 aliphatic carbocycles. The van der Waals surface area contributed by atoms with E-state index in [1.54, 1.807) is 37.7 Å². The first-order valence-electron chi connectivity index (χ1n) is 12.1. The van der Waals surface area contributed by atoms with Gasteiger partial charge in [0.25, 0.3) is 0 Å². The van der Waals surface area contributed by atoms with Crippen molar-refractivity contribution in [1.82, 2.24) is 9.97 Å². The van der Waals surface area contributed by atoms with E-state index in [1.165, 1.54) is 6.07 Å². The minimum absolute atomic E-state index is 0.0425. The molecule has 2 atom stereocenters. The Morgan fingerprint density at radius 2 is 1.78 bits per heavy atom. The van der Waals surface area contributed by atoms with E-state index < -0.39 is 5.97 Å². The van der Waals surface area contributed by atoms with Gasteiger partial charge in [-0.2, -0.15) is 0 Å². The fraction of sp³-hybridized carbons (Fsp3) is 0.233. The standard InChI is InChI=1S/C30H27FN2O4/c1-17-10-21(19-8-9-32-28(13-19)36-3)11-18(2)29(17)20-4-6-26(31)22(12-20)16-37-23-5-7-27(33-15-23)24-14-25(24)30(34)35/h4-13,15,24-25H,14,16H2,1-3H3,(H,34,35)/t24-,25-/m0/s1. The normalized spacial score (nSPS) is 16.3. The Morgan fingerprint density at radius 1 is 1.00 bits per heavy atom. The molecule has 7 heteroatoms. The average molecular weight is 499 g/mol. The van der Waals surface area contributed by atoms with Crippen molar-refractivity contribution in [3.05, 3.63) is 95.2 Å². The summed E-state index contributed by atoms with van der Waals surface area (Å²) in [4.78, 5) is 19.6. The van der Waals surface area contributed by atoms with Crippen LogP contribution in [0.4, 0.5) is 4.39 Å². The third-order valence-corrected chi connectivity index (χ3v) is 6.79. The van der Waals surface area contributed by atoms with Crippen molar-refractivity contribution in [2.45, 2.75) is 32.8 Å². The second-order valence-electron chi connectivity index (χ2n) is 9.37. The van der Waals surface area contributed by atoms with Gasteiger partial charge in [0, 0.05) is 29.4 Å². The molecule has 0 saturated heterocycles. The van der Waals surface area contributed by atoms with E-state index in [9.17, 15) is 9.18 Å². The van der Waals surface area contributed by atoms with Gasteiger partial charge < -0.3 is 14.6 Å². The van der Waals surface area contributed by atoms with Gasteiger partial charge in [0.15, 0.2) is 0 Å². The van der Waals surface area contributed by atoms with E-state index in [-0.39, 0.29) is 24.3 Å². The zero-order chi connectivity index (χ0) is 26.1. The molecule has 2 heterocycles. The molecular weight excluding hydrogens is 471 g/mol. The topological polar surface area (TPSA) is 81.5 Å². The monoisotopic (exact) mass is 498 g/mol. The van der Waals surface area contributed by atoms with Gasteiger partial charge in [-0.05, 0) is 84.0 Å². The van der Waals surface area contributed by atoms with Gasteiger partial charge in [0.2, 0.25) is 5.88 Å². The van der Waals surface area contributed by atoms with Crippen LogP contribution in [-0.4, -0.2) is 28.2 Å².